The van der Waals surface area contributed by atoms with Crippen molar-refractivity contribution in [1.29, 1.82) is 0 Å². The molecule has 1 amide bonds. The van der Waals surface area contributed by atoms with Crippen LogP contribution in [-0.4, -0.2) is 48.2 Å². The summed E-state index contributed by atoms with van der Waals surface area (Å²) in [7, 11) is 1.56. The Morgan fingerprint density at radius 1 is 1.10 bits per heavy atom. The standard InChI is InChI=1S/C25H27NO5/c1-16-4-5-18(12-17(16)2)21(27)7-9-24(29)26-11-10-25(15-26)14-22(28)20-13-19(30-3)6-8-23(20)31-25/h4-6,8,12-13H,7,9-11,14-15H2,1-3H3. The lowest BCUT2D eigenvalue weighted by atomic mass is 9.89. The minimum atomic E-state index is -0.688. The maximum Gasteiger partial charge on any atom is 0.223 e. The summed E-state index contributed by atoms with van der Waals surface area (Å²) < 4.78 is 11.4. The molecule has 0 bridgehead atoms. The second-order valence-corrected chi connectivity index (χ2v) is 8.53. The van der Waals surface area contributed by atoms with E-state index in [1.807, 2.05) is 32.0 Å². The Bertz CT molecular complexity index is 1060. The zero-order valence-corrected chi connectivity index (χ0v) is 18.2. The normalized spacial score (nSPS) is 19.8. The predicted molar refractivity (Wildman–Crippen MR) is 116 cm³/mol. The van der Waals surface area contributed by atoms with Gasteiger partial charge < -0.3 is 14.4 Å². The molecule has 2 aromatic rings. The zero-order valence-electron chi connectivity index (χ0n) is 18.2. The maximum absolute atomic E-state index is 12.8. The van der Waals surface area contributed by atoms with Crippen LogP contribution in [0.2, 0.25) is 0 Å². The van der Waals surface area contributed by atoms with Gasteiger partial charge in [-0.25, -0.2) is 0 Å². The van der Waals surface area contributed by atoms with Crippen molar-refractivity contribution in [3.05, 3.63) is 58.7 Å². The van der Waals surface area contributed by atoms with Crippen LogP contribution < -0.4 is 9.47 Å². The number of methoxy groups -OCH3 is 1. The summed E-state index contributed by atoms with van der Waals surface area (Å²) in [5, 5.41) is 0. The molecule has 6 nitrogen and oxygen atoms in total. The quantitative estimate of drug-likeness (QED) is 0.685. The molecule has 0 aliphatic carbocycles. The number of ether oxygens (including phenoxy) is 2. The molecule has 1 unspecified atom stereocenters. The van der Waals surface area contributed by atoms with Crippen LogP contribution in [-0.2, 0) is 4.79 Å². The first-order valence-electron chi connectivity index (χ1n) is 10.6. The Morgan fingerprint density at radius 2 is 1.90 bits per heavy atom. The van der Waals surface area contributed by atoms with Crippen LogP contribution in [0.4, 0.5) is 0 Å². The molecular weight excluding hydrogens is 394 g/mol. The Labute approximate surface area is 182 Å². The number of fused-ring (bicyclic) bond motifs is 1. The average Bonchev–Trinajstić information content (AvgIpc) is 3.16. The number of amides is 1. The Kier molecular flexibility index (Phi) is 5.56. The number of hydrogen-bond donors (Lipinski definition) is 0. The molecule has 0 radical (unpaired) electrons. The lowest BCUT2D eigenvalue weighted by Gasteiger charge is -2.34. The second kappa shape index (κ2) is 8.17. The molecule has 1 saturated heterocycles. The monoisotopic (exact) mass is 421 g/mol. The third-order valence-electron chi connectivity index (χ3n) is 6.36. The molecule has 1 spiro atoms. The first-order chi connectivity index (χ1) is 14.8. The van der Waals surface area contributed by atoms with Crippen molar-refractivity contribution in [2.24, 2.45) is 0 Å². The largest absolute Gasteiger partial charge is 0.497 e. The molecular formula is C25H27NO5. The topological polar surface area (TPSA) is 72.9 Å². The number of nitrogens with zero attached hydrogens (tertiary/aromatic N) is 1. The van der Waals surface area contributed by atoms with E-state index in [2.05, 4.69) is 0 Å². The van der Waals surface area contributed by atoms with Gasteiger partial charge in [-0.3, -0.25) is 14.4 Å². The van der Waals surface area contributed by atoms with E-state index in [4.69, 9.17) is 9.47 Å². The lowest BCUT2D eigenvalue weighted by Crippen LogP contribution is -2.45. The van der Waals surface area contributed by atoms with Crippen molar-refractivity contribution in [3.63, 3.8) is 0 Å². The third kappa shape index (κ3) is 4.20. The summed E-state index contributed by atoms with van der Waals surface area (Å²) in [6.07, 6.45) is 1.16. The SMILES string of the molecule is COc1ccc2c(c1)C(=O)CC1(CCN(C(=O)CCC(=O)c3ccc(C)c(C)c3)C1)O2. The number of carbonyl (C=O) groups is 3. The summed E-state index contributed by atoms with van der Waals surface area (Å²) in [4.78, 5) is 39.7. The minimum absolute atomic E-state index is 0.000586. The van der Waals surface area contributed by atoms with Gasteiger partial charge in [-0.2, -0.15) is 0 Å². The molecule has 1 atom stereocenters. The summed E-state index contributed by atoms with van der Waals surface area (Å²) in [6.45, 7) is 4.86. The van der Waals surface area contributed by atoms with Gasteiger partial charge in [0.1, 0.15) is 17.1 Å². The van der Waals surface area contributed by atoms with Gasteiger partial charge in [0.15, 0.2) is 11.6 Å². The summed E-state index contributed by atoms with van der Waals surface area (Å²) >= 11 is 0. The highest BCUT2D eigenvalue weighted by atomic mass is 16.5. The fourth-order valence-electron chi connectivity index (χ4n) is 4.32. The van der Waals surface area contributed by atoms with Crippen LogP contribution in [0.15, 0.2) is 36.4 Å². The smallest absolute Gasteiger partial charge is 0.223 e. The van der Waals surface area contributed by atoms with Gasteiger partial charge in [-0.1, -0.05) is 12.1 Å². The van der Waals surface area contributed by atoms with Crippen LogP contribution in [0.5, 0.6) is 11.5 Å². The van der Waals surface area contributed by atoms with Crippen molar-refractivity contribution >= 4 is 17.5 Å². The van der Waals surface area contributed by atoms with Crippen LogP contribution in [0.3, 0.4) is 0 Å². The summed E-state index contributed by atoms with van der Waals surface area (Å²) in [6, 6.07) is 10.8. The van der Waals surface area contributed by atoms with Crippen molar-refractivity contribution in [2.75, 3.05) is 20.2 Å². The maximum atomic E-state index is 12.8. The van der Waals surface area contributed by atoms with E-state index in [0.29, 0.717) is 42.1 Å². The number of rotatable bonds is 5. The molecule has 31 heavy (non-hydrogen) atoms. The van der Waals surface area contributed by atoms with Crippen molar-refractivity contribution in [1.82, 2.24) is 4.90 Å². The van der Waals surface area contributed by atoms with Crippen molar-refractivity contribution < 1.29 is 23.9 Å². The molecule has 0 saturated carbocycles. The van der Waals surface area contributed by atoms with Crippen LogP contribution in [0.1, 0.15) is 57.5 Å². The number of ketones is 2. The molecule has 0 N–H and O–H groups in total. The zero-order chi connectivity index (χ0) is 22.2. The van der Waals surface area contributed by atoms with Gasteiger partial charge in [0.2, 0.25) is 5.91 Å². The lowest BCUT2D eigenvalue weighted by molar-refractivity contribution is -0.130. The minimum Gasteiger partial charge on any atom is -0.497 e. The molecule has 4 rings (SSSR count). The molecule has 162 valence electrons. The van der Waals surface area contributed by atoms with E-state index in [1.54, 1.807) is 30.2 Å². The van der Waals surface area contributed by atoms with Crippen LogP contribution in [0.25, 0.3) is 0 Å². The molecule has 2 aliphatic rings. The molecule has 6 heteroatoms. The van der Waals surface area contributed by atoms with Crippen LogP contribution in [0, 0.1) is 13.8 Å². The van der Waals surface area contributed by atoms with Gasteiger partial charge >= 0.3 is 0 Å². The molecule has 1 fully saturated rings. The van der Waals surface area contributed by atoms with Crippen molar-refractivity contribution in [3.8, 4) is 11.5 Å². The Morgan fingerprint density at radius 3 is 2.65 bits per heavy atom. The number of carbonyl (C=O) groups excluding carboxylic acids is 3. The van der Waals surface area contributed by atoms with E-state index in [-0.39, 0.29) is 36.7 Å². The summed E-state index contributed by atoms with van der Waals surface area (Å²) in [5.41, 5.74) is 2.68. The molecule has 2 aliphatic heterocycles. The Balaban J connectivity index is 1.38. The van der Waals surface area contributed by atoms with Gasteiger partial charge in [0.05, 0.1) is 25.6 Å². The van der Waals surface area contributed by atoms with E-state index < -0.39 is 5.60 Å². The van der Waals surface area contributed by atoms with Gasteiger partial charge in [-0.05, 0) is 49.2 Å². The fourth-order valence-corrected chi connectivity index (χ4v) is 4.32. The molecule has 0 aromatic heterocycles. The third-order valence-corrected chi connectivity index (χ3v) is 6.36. The average molecular weight is 421 g/mol. The van der Waals surface area contributed by atoms with Gasteiger partial charge in [-0.15, -0.1) is 0 Å². The number of benzene rings is 2. The molecule has 2 heterocycles. The highest BCUT2D eigenvalue weighted by molar-refractivity contribution is 6.01. The fraction of sp³-hybridized carbons (Fsp3) is 0.400. The first kappa shape index (κ1) is 21.1. The van der Waals surface area contributed by atoms with E-state index in [0.717, 1.165) is 11.1 Å². The number of hydrogen-bond acceptors (Lipinski definition) is 5. The van der Waals surface area contributed by atoms with Crippen LogP contribution >= 0.6 is 0 Å². The first-order valence-corrected chi connectivity index (χ1v) is 10.6. The van der Waals surface area contributed by atoms with E-state index in [1.165, 1.54) is 0 Å². The Hall–Kier alpha value is -3.15. The van der Waals surface area contributed by atoms with Crippen molar-refractivity contribution in [2.45, 2.75) is 45.1 Å². The highest BCUT2D eigenvalue weighted by Crippen LogP contribution is 2.40. The van der Waals surface area contributed by atoms with E-state index >= 15 is 0 Å². The predicted octanol–water partition coefficient (Wildman–Crippen LogP) is 3.91. The van der Waals surface area contributed by atoms with Gasteiger partial charge in [0.25, 0.3) is 0 Å². The highest BCUT2D eigenvalue weighted by Gasteiger charge is 2.47. The number of aryl methyl sites for hydroxylation is 2. The van der Waals surface area contributed by atoms with E-state index in [9.17, 15) is 14.4 Å². The summed E-state index contributed by atoms with van der Waals surface area (Å²) in [5.74, 6) is 1.04. The van der Waals surface area contributed by atoms with Gasteiger partial charge in [0, 0.05) is 31.4 Å². The number of likely N-dealkylation sites (tertiary alicyclic amines) is 1. The second-order valence-electron chi connectivity index (χ2n) is 8.53. The molecule has 2 aromatic carbocycles. The number of Topliss-reactive ketones (excluding diaryl/α,β-unsaturated/α-hetero) is 2.